The van der Waals surface area contributed by atoms with Gasteiger partial charge in [0, 0.05) is 11.2 Å². The molecule has 2 nitrogen and oxygen atoms in total. The third kappa shape index (κ3) is 1.53. The summed E-state index contributed by atoms with van der Waals surface area (Å²) in [4.78, 5) is 2.06. The van der Waals surface area contributed by atoms with Gasteiger partial charge < -0.3 is 10.2 Å². The normalized spacial score (nSPS) is 19.0. The lowest BCUT2D eigenvalue weighted by Crippen LogP contribution is -2.42. The van der Waals surface area contributed by atoms with Gasteiger partial charge in [-0.1, -0.05) is 6.58 Å². The number of nitrogens with zero attached hydrogens (tertiary/aromatic N) is 1. The first kappa shape index (κ1) is 8.53. The van der Waals surface area contributed by atoms with Crippen LogP contribution in [0.4, 0.5) is 0 Å². The molecule has 62 valence electrons. The quantitative estimate of drug-likeness (QED) is 0.554. The van der Waals surface area contributed by atoms with E-state index >= 15 is 0 Å². The maximum absolute atomic E-state index is 5.12. The Morgan fingerprint density at radius 3 is 2.27 bits per heavy atom. The molecule has 11 heavy (non-hydrogen) atoms. The monoisotopic (exact) mass is 170 g/mol. The van der Waals surface area contributed by atoms with Crippen LogP contribution in [0.3, 0.4) is 0 Å². The number of hydrogen-bond acceptors (Lipinski definition) is 1. The van der Waals surface area contributed by atoms with Crippen molar-refractivity contribution in [2.75, 3.05) is 6.54 Å². The highest BCUT2D eigenvalue weighted by Gasteiger charge is 2.30. The SMILES string of the molecule is C=C1CNC(=S)N1C(C)(C)C. The largest absolute Gasteiger partial charge is 0.357 e. The van der Waals surface area contributed by atoms with E-state index in [1.54, 1.807) is 0 Å². The van der Waals surface area contributed by atoms with E-state index in [9.17, 15) is 0 Å². The smallest absolute Gasteiger partial charge is 0.174 e. The molecule has 1 saturated heterocycles. The van der Waals surface area contributed by atoms with Gasteiger partial charge in [-0.25, -0.2) is 0 Å². The molecule has 1 heterocycles. The minimum absolute atomic E-state index is 0.0532. The molecule has 1 fully saturated rings. The number of thiocarbonyl (C=S) groups is 1. The van der Waals surface area contributed by atoms with E-state index in [1.807, 2.05) is 0 Å². The molecular weight excluding hydrogens is 156 g/mol. The van der Waals surface area contributed by atoms with Gasteiger partial charge in [-0.05, 0) is 33.0 Å². The maximum atomic E-state index is 5.12. The molecule has 0 aromatic heterocycles. The molecule has 0 amide bonds. The Balaban J connectivity index is 2.85. The fraction of sp³-hybridized carbons (Fsp3) is 0.625. The molecule has 0 aromatic carbocycles. The van der Waals surface area contributed by atoms with Crippen molar-refractivity contribution < 1.29 is 0 Å². The van der Waals surface area contributed by atoms with Crippen molar-refractivity contribution in [2.24, 2.45) is 0 Å². The summed E-state index contributed by atoms with van der Waals surface area (Å²) in [5.41, 5.74) is 1.11. The van der Waals surface area contributed by atoms with Crippen LogP contribution in [0.15, 0.2) is 12.3 Å². The van der Waals surface area contributed by atoms with Crippen LogP contribution in [0.2, 0.25) is 0 Å². The van der Waals surface area contributed by atoms with Crippen LogP contribution in [0.5, 0.6) is 0 Å². The van der Waals surface area contributed by atoms with E-state index < -0.39 is 0 Å². The lowest BCUT2D eigenvalue weighted by Gasteiger charge is -2.32. The van der Waals surface area contributed by atoms with Crippen molar-refractivity contribution >= 4 is 17.3 Å². The molecule has 0 unspecified atom stereocenters. The average molecular weight is 170 g/mol. The number of nitrogens with one attached hydrogen (secondary N) is 1. The second-order valence-corrected chi connectivity index (χ2v) is 4.12. The van der Waals surface area contributed by atoms with Gasteiger partial charge >= 0.3 is 0 Å². The van der Waals surface area contributed by atoms with Gasteiger partial charge in [0.2, 0.25) is 0 Å². The number of rotatable bonds is 0. The Morgan fingerprint density at radius 1 is 1.55 bits per heavy atom. The van der Waals surface area contributed by atoms with Crippen LogP contribution < -0.4 is 5.32 Å². The summed E-state index contributed by atoms with van der Waals surface area (Å²) in [6.45, 7) is 11.1. The molecule has 3 heteroatoms. The van der Waals surface area contributed by atoms with E-state index in [0.717, 1.165) is 17.4 Å². The molecule has 0 bridgehead atoms. The minimum Gasteiger partial charge on any atom is -0.357 e. The molecule has 0 saturated carbocycles. The summed E-state index contributed by atoms with van der Waals surface area (Å²) in [7, 11) is 0. The summed E-state index contributed by atoms with van der Waals surface area (Å²) in [5, 5.41) is 3.88. The van der Waals surface area contributed by atoms with Crippen molar-refractivity contribution in [1.29, 1.82) is 0 Å². The Bertz CT molecular complexity index is 187. The standard InChI is InChI=1S/C8H14N2S/c1-6-5-9-7(11)10(6)8(2,3)4/h1,5H2,2-4H3,(H,9,11). The summed E-state index contributed by atoms with van der Waals surface area (Å²) < 4.78 is 0. The van der Waals surface area contributed by atoms with Gasteiger partial charge in [-0.15, -0.1) is 0 Å². The van der Waals surface area contributed by atoms with E-state index in [1.165, 1.54) is 0 Å². The van der Waals surface area contributed by atoms with Crippen LogP contribution in [0.1, 0.15) is 20.8 Å². The molecular formula is C8H14N2S. The zero-order chi connectivity index (χ0) is 8.65. The minimum atomic E-state index is 0.0532. The van der Waals surface area contributed by atoms with Gasteiger partial charge in [0.05, 0.1) is 6.54 Å². The molecule has 0 spiro atoms. The predicted octanol–water partition coefficient (Wildman–Crippen LogP) is 1.49. The summed E-state index contributed by atoms with van der Waals surface area (Å²) >= 11 is 5.12. The molecule has 1 N–H and O–H groups in total. The molecule has 1 aliphatic heterocycles. The van der Waals surface area contributed by atoms with Gasteiger partial charge in [0.1, 0.15) is 0 Å². The van der Waals surface area contributed by atoms with Gasteiger partial charge in [0.25, 0.3) is 0 Å². The lowest BCUT2D eigenvalue weighted by molar-refractivity contribution is 0.304. The van der Waals surface area contributed by atoms with Gasteiger partial charge in [-0.2, -0.15) is 0 Å². The molecule has 1 aliphatic rings. The third-order valence-electron chi connectivity index (χ3n) is 1.63. The van der Waals surface area contributed by atoms with Crippen LogP contribution in [0, 0.1) is 0 Å². The third-order valence-corrected chi connectivity index (χ3v) is 1.96. The fourth-order valence-electron chi connectivity index (χ4n) is 1.26. The van der Waals surface area contributed by atoms with Crippen molar-refractivity contribution in [3.8, 4) is 0 Å². The van der Waals surface area contributed by atoms with E-state index in [0.29, 0.717) is 0 Å². The second kappa shape index (κ2) is 2.48. The Morgan fingerprint density at radius 2 is 2.09 bits per heavy atom. The molecule has 0 radical (unpaired) electrons. The van der Waals surface area contributed by atoms with Gasteiger partial charge in [0.15, 0.2) is 5.11 Å². The highest BCUT2D eigenvalue weighted by Crippen LogP contribution is 2.21. The van der Waals surface area contributed by atoms with Crippen molar-refractivity contribution in [3.63, 3.8) is 0 Å². The first-order valence-corrected chi connectivity index (χ1v) is 4.09. The summed E-state index contributed by atoms with van der Waals surface area (Å²) in [6.07, 6.45) is 0. The van der Waals surface area contributed by atoms with Crippen LogP contribution in [-0.2, 0) is 0 Å². The highest BCUT2D eigenvalue weighted by molar-refractivity contribution is 7.80. The van der Waals surface area contributed by atoms with Crippen LogP contribution >= 0.6 is 12.2 Å². The zero-order valence-electron chi connectivity index (χ0n) is 7.27. The van der Waals surface area contributed by atoms with Crippen LogP contribution in [0.25, 0.3) is 0 Å². The maximum Gasteiger partial charge on any atom is 0.174 e. The van der Waals surface area contributed by atoms with E-state index in [4.69, 9.17) is 12.2 Å². The van der Waals surface area contributed by atoms with Crippen molar-refractivity contribution in [2.45, 2.75) is 26.3 Å². The summed E-state index contributed by atoms with van der Waals surface area (Å²) in [6, 6.07) is 0. The highest BCUT2D eigenvalue weighted by atomic mass is 32.1. The predicted molar refractivity (Wildman–Crippen MR) is 51.3 cm³/mol. The van der Waals surface area contributed by atoms with E-state index in [-0.39, 0.29) is 5.54 Å². The lowest BCUT2D eigenvalue weighted by atomic mass is 10.1. The molecule has 0 atom stereocenters. The molecule has 1 rings (SSSR count). The second-order valence-electron chi connectivity index (χ2n) is 3.73. The van der Waals surface area contributed by atoms with Crippen molar-refractivity contribution in [1.82, 2.24) is 10.2 Å². The molecule has 0 aliphatic carbocycles. The zero-order valence-corrected chi connectivity index (χ0v) is 8.09. The molecule has 0 aromatic rings. The summed E-state index contributed by atoms with van der Waals surface area (Å²) in [5.74, 6) is 0. The fourth-order valence-corrected chi connectivity index (χ4v) is 1.73. The topological polar surface area (TPSA) is 15.3 Å². The van der Waals surface area contributed by atoms with Gasteiger partial charge in [-0.3, -0.25) is 0 Å². The average Bonchev–Trinajstić information content (AvgIpc) is 2.08. The Labute approximate surface area is 73.3 Å². The first-order valence-electron chi connectivity index (χ1n) is 3.69. The van der Waals surface area contributed by atoms with Crippen molar-refractivity contribution in [3.05, 3.63) is 12.3 Å². The van der Waals surface area contributed by atoms with Crippen LogP contribution in [-0.4, -0.2) is 22.1 Å². The Hall–Kier alpha value is -0.570. The Kier molecular flexibility index (Phi) is 1.92. The number of hydrogen-bond donors (Lipinski definition) is 1. The first-order chi connectivity index (χ1) is 4.93. The van der Waals surface area contributed by atoms with E-state index in [2.05, 4.69) is 37.6 Å².